The molecule has 1 N–H and O–H groups in total. The maximum atomic E-state index is 12.9. The zero-order valence-electron chi connectivity index (χ0n) is 16.8. The van der Waals surface area contributed by atoms with E-state index in [2.05, 4.69) is 36.5 Å². The fraction of sp³-hybridized carbons (Fsp3) is 0.458. The van der Waals surface area contributed by atoms with Crippen LogP contribution in [0.15, 0.2) is 48.5 Å². The molecule has 28 heavy (non-hydrogen) atoms. The standard InChI is InChI=1S/C24H30FNO2/c1-18-6-3-4-7-22(18)24(28-2)15-13-21(14-16-24)26-17-5-8-23(27)19-9-11-20(25)12-10-19/h3-4,6-7,9-12,21,26H,5,8,13-17H2,1-2H3. The molecule has 0 spiro atoms. The van der Waals surface area contributed by atoms with E-state index in [0.717, 1.165) is 38.6 Å². The summed E-state index contributed by atoms with van der Waals surface area (Å²) in [6.45, 7) is 2.97. The summed E-state index contributed by atoms with van der Waals surface area (Å²) in [5.74, 6) is -0.239. The van der Waals surface area contributed by atoms with Crippen LogP contribution in [0.2, 0.25) is 0 Å². The minimum Gasteiger partial charge on any atom is -0.374 e. The quantitative estimate of drug-likeness (QED) is 0.505. The Morgan fingerprint density at radius 2 is 1.82 bits per heavy atom. The van der Waals surface area contributed by atoms with Crippen LogP contribution in [-0.2, 0) is 10.3 Å². The number of ether oxygens (including phenoxy) is 1. The van der Waals surface area contributed by atoms with Gasteiger partial charge in [0, 0.05) is 25.1 Å². The van der Waals surface area contributed by atoms with Crippen LogP contribution >= 0.6 is 0 Å². The molecule has 4 heteroatoms. The van der Waals surface area contributed by atoms with Crippen LogP contribution in [0.25, 0.3) is 0 Å². The Labute approximate surface area is 167 Å². The normalized spacial score (nSPS) is 22.2. The van der Waals surface area contributed by atoms with Crippen molar-refractivity contribution < 1.29 is 13.9 Å². The molecule has 2 aromatic carbocycles. The van der Waals surface area contributed by atoms with Crippen molar-refractivity contribution in [1.29, 1.82) is 0 Å². The minimum absolute atomic E-state index is 0.0726. The summed E-state index contributed by atoms with van der Waals surface area (Å²) < 4.78 is 19.0. The highest BCUT2D eigenvalue weighted by atomic mass is 19.1. The molecule has 0 unspecified atom stereocenters. The molecule has 0 bridgehead atoms. The topological polar surface area (TPSA) is 38.3 Å². The average molecular weight is 384 g/mol. The smallest absolute Gasteiger partial charge is 0.162 e. The predicted molar refractivity (Wildman–Crippen MR) is 110 cm³/mol. The number of methoxy groups -OCH3 is 1. The van der Waals surface area contributed by atoms with Gasteiger partial charge < -0.3 is 10.1 Å². The fourth-order valence-corrected chi connectivity index (χ4v) is 4.29. The number of benzene rings is 2. The summed E-state index contributed by atoms with van der Waals surface area (Å²) in [6, 6.07) is 14.8. The fourth-order valence-electron chi connectivity index (χ4n) is 4.29. The molecule has 1 aliphatic carbocycles. The number of aryl methyl sites for hydroxylation is 1. The first-order valence-corrected chi connectivity index (χ1v) is 10.2. The lowest BCUT2D eigenvalue weighted by molar-refractivity contribution is -0.0504. The molecule has 0 aliphatic heterocycles. The Bertz CT molecular complexity index is 779. The highest BCUT2D eigenvalue weighted by Crippen LogP contribution is 2.41. The van der Waals surface area contributed by atoms with Gasteiger partial charge in [-0.05, 0) is 81.0 Å². The van der Waals surface area contributed by atoms with Gasteiger partial charge in [-0.3, -0.25) is 4.79 Å². The molecule has 0 atom stereocenters. The van der Waals surface area contributed by atoms with Crippen molar-refractivity contribution in [1.82, 2.24) is 5.32 Å². The van der Waals surface area contributed by atoms with Crippen molar-refractivity contribution in [3.63, 3.8) is 0 Å². The van der Waals surface area contributed by atoms with Crippen molar-refractivity contribution in [2.75, 3.05) is 13.7 Å². The molecule has 0 amide bonds. The van der Waals surface area contributed by atoms with Gasteiger partial charge in [-0.15, -0.1) is 0 Å². The number of hydrogen-bond acceptors (Lipinski definition) is 3. The first-order chi connectivity index (χ1) is 13.5. The molecule has 1 saturated carbocycles. The van der Waals surface area contributed by atoms with Crippen molar-refractivity contribution in [3.8, 4) is 0 Å². The van der Waals surface area contributed by atoms with Gasteiger partial charge in [0.1, 0.15) is 5.82 Å². The summed E-state index contributed by atoms with van der Waals surface area (Å²) >= 11 is 0. The second-order valence-electron chi connectivity index (χ2n) is 7.78. The van der Waals surface area contributed by atoms with Crippen molar-refractivity contribution in [2.24, 2.45) is 0 Å². The molecule has 0 heterocycles. The molecular formula is C24H30FNO2. The van der Waals surface area contributed by atoms with Crippen LogP contribution in [0.1, 0.15) is 60.0 Å². The van der Waals surface area contributed by atoms with Gasteiger partial charge in [-0.2, -0.15) is 0 Å². The summed E-state index contributed by atoms with van der Waals surface area (Å²) in [5, 5.41) is 3.60. The third-order valence-electron chi connectivity index (χ3n) is 6.00. The lowest BCUT2D eigenvalue weighted by Crippen LogP contribution is -2.41. The average Bonchev–Trinajstić information content (AvgIpc) is 2.72. The van der Waals surface area contributed by atoms with Crippen molar-refractivity contribution >= 4 is 5.78 Å². The van der Waals surface area contributed by atoms with Crippen LogP contribution in [-0.4, -0.2) is 25.5 Å². The number of halogens is 1. The molecular weight excluding hydrogens is 353 g/mol. The molecule has 1 aliphatic rings. The maximum absolute atomic E-state index is 12.9. The van der Waals surface area contributed by atoms with E-state index in [4.69, 9.17) is 4.74 Å². The van der Waals surface area contributed by atoms with Gasteiger partial charge in [0.25, 0.3) is 0 Å². The molecule has 3 rings (SSSR count). The number of carbonyl (C=O) groups excluding carboxylic acids is 1. The highest BCUT2D eigenvalue weighted by molar-refractivity contribution is 5.95. The van der Waals surface area contributed by atoms with Crippen LogP contribution in [0.4, 0.5) is 4.39 Å². The summed E-state index contributed by atoms with van der Waals surface area (Å²) in [6.07, 6.45) is 5.40. The van der Waals surface area contributed by atoms with Crippen molar-refractivity contribution in [3.05, 3.63) is 71.0 Å². The Morgan fingerprint density at radius 1 is 1.14 bits per heavy atom. The Kier molecular flexibility index (Phi) is 6.97. The monoisotopic (exact) mass is 383 g/mol. The lowest BCUT2D eigenvalue weighted by Gasteiger charge is -2.40. The molecule has 0 saturated heterocycles. The second kappa shape index (κ2) is 9.44. The third kappa shape index (κ3) is 4.86. The Balaban J connectivity index is 1.44. The number of nitrogens with one attached hydrogen (secondary N) is 1. The first-order valence-electron chi connectivity index (χ1n) is 10.2. The van der Waals surface area contributed by atoms with Gasteiger partial charge in [-0.25, -0.2) is 4.39 Å². The van der Waals surface area contributed by atoms with E-state index in [1.54, 1.807) is 12.1 Å². The van der Waals surface area contributed by atoms with E-state index in [1.807, 2.05) is 7.11 Å². The molecule has 3 nitrogen and oxygen atoms in total. The van der Waals surface area contributed by atoms with Crippen LogP contribution in [0, 0.1) is 12.7 Å². The summed E-state index contributed by atoms with van der Waals surface area (Å²) in [7, 11) is 1.82. The van der Waals surface area contributed by atoms with E-state index in [9.17, 15) is 9.18 Å². The first kappa shape index (κ1) is 20.7. The van der Waals surface area contributed by atoms with E-state index in [-0.39, 0.29) is 17.2 Å². The minimum atomic E-state index is -0.312. The van der Waals surface area contributed by atoms with Crippen LogP contribution in [0.3, 0.4) is 0 Å². The van der Waals surface area contributed by atoms with Gasteiger partial charge >= 0.3 is 0 Å². The third-order valence-corrected chi connectivity index (χ3v) is 6.00. The van der Waals surface area contributed by atoms with Crippen molar-refractivity contribution in [2.45, 2.75) is 57.1 Å². The Morgan fingerprint density at radius 3 is 2.46 bits per heavy atom. The zero-order valence-corrected chi connectivity index (χ0v) is 16.8. The van der Waals surface area contributed by atoms with E-state index < -0.39 is 0 Å². The zero-order chi connectivity index (χ0) is 20.0. The van der Waals surface area contributed by atoms with E-state index in [1.165, 1.54) is 23.3 Å². The largest absolute Gasteiger partial charge is 0.374 e. The molecule has 1 fully saturated rings. The van der Waals surface area contributed by atoms with Crippen LogP contribution < -0.4 is 5.32 Å². The number of carbonyl (C=O) groups is 1. The number of rotatable bonds is 8. The van der Waals surface area contributed by atoms with E-state index in [0.29, 0.717) is 18.0 Å². The lowest BCUT2D eigenvalue weighted by atomic mass is 9.76. The molecule has 150 valence electrons. The summed E-state index contributed by atoms with van der Waals surface area (Å²) in [5.41, 5.74) is 3.00. The number of ketones is 1. The van der Waals surface area contributed by atoms with Gasteiger partial charge in [0.15, 0.2) is 5.78 Å². The summed E-state index contributed by atoms with van der Waals surface area (Å²) in [4.78, 5) is 12.2. The predicted octanol–water partition coefficient (Wildman–Crippen LogP) is 5.17. The highest BCUT2D eigenvalue weighted by Gasteiger charge is 2.37. The van der Waals surface area contributed by atoms with Crippen LogP contribution in [0.5, 0.6) is 0 Å². The van der Waals surface area contributed by atoms with Gasteiger partial charge in [0.05, 0.1) is 5.60 Å². The molecule has 0 radical (unpaired) electrons. The number of Topliss-reactive ketones (excluding diaryl/α,β-unsaturated/α-hetero) is 1. The molecule has 2 aromatic rings. The SMILES string of the molecule is COC1(c2ccccc2C)CCC(NCCCC(=O)c2ccc(F)cc2)CC1. The maximum Gasteiger partial charge on any atom is 0.162 e. The van der Waals surface area contributed by atoms with Gasteiger partial charge in [-0.1, -0.05) is 24.3 Å². The Hall–Kier alpha value is -2.04. The van der Waals surface area contributed by atoms with Gasteiger partial charge in [0.2, 0.25) is 0 Å². The second-order valence-corrected chi connectivity index (χ2v) is 7.78. The molecule has 0 aromatic heterocycles. The number of hydrogen-bond donors (Lipinski definition) is 1. The van der Waals surface area contributed by atoms with E-state index >= 15 is 0 Å².